The van der Waals surface area contributed by atoms with E-state index in [9.17, 15) is 9.59 Å². The largest absolute Gasteiger partial charge is 0.466 e. The molecule has 0 amide bonds. The summed E-state index contributed by atoms with van der Waals surface area (Å²) in [6.07, 6.45) is 8.07. The van der Waals surface area contributed by atoms with Gasteiger partial charge in [-0.1, -0.05) is 25.3 Å². The van der Waals surface area contributed by atoms with Crippen LogP contribution < -0.4 is 0 Å². The van der Waals surface area contributed by atoms with Gasteiger partial charge in [0.15, 0.2) is 5.78 Å². The molecule has 0 N–H and O–H groups in total. The molecule has 0 aliphatic heterocycles. The summed E-state index contributed by atoms with van der Waals surface area (Å²) in [5.74, 6) is -0.0860. The molecule has 18 heavy (non-hydrogen) atoms. The molecule has 1 fully saturated rings. The Morgan fingerprint density at radius 2 is 2.06 bits per heavy atom. The van der Waals surface area contributed by atoms with Crippen LogP contribution in [0.3, 0.4) is 0 Å². The molecule has 1 atom stereocenters. The third kappa shape index (κ3) is 4.63. The highest BCUT2D eigenvalue weighted by Crippen LogP contribution is 2.24. The van der Waals surface area contributed by atoms with Gasteiger partial charge in [0.2, 0.25) is 0 Å². The smallest absolute Gasteiger partial charge is 0.309 e. The van der Waals surface area contributed by atoms with Gasteiger partial charge >= 0.3 is 5.97 Å². The molecule has 3 nitrogen and oxygen atoms in total. The van der Waals surface area contributed by atoms with Crippen molar-refractivity contribution in [3.8, 4) is 0 Å². The summed E-state index contributed by atoms with van der Waals surface area (Å²) < 4.78 is 5.10. The Morgan fingerprint density at radius 3 is 2.72 bits per heavy atom. The minimum atomic E-state index is -0.148. The molecule has 0 radical (unpaired) electrons. The first-order chi connectivity index (χ1) is 8.69. The van der Waals surface area contributed by atoms with E-state index < -0.39 is 0 Å². The van der Waals surface area contributed by atoms with Gasteiger partial charge in [0.1, 0.15) is 0 Å². The lowest BCUT2D eigenvalue weighted by Gasteiger charge is -2.18. The Kier molecular flexibility index (Phi) is 6.69. The van der Waals surface area contributed by atoms with Gasteiger partial charge in [-0.25, -0.2) is 0 Å². The fourth-order valence-electron chi connectivity index (χ4n) is 2.41. The van der Waals surface area contributed by atoms with E-state index in [-0.39, 0.29) is 17.7 Å². The minimum Gasteiger partial charge on any atom is -0.466 e. The Labute approximate surface area is 110 Å². The zero-order valence-electron chi connectivity index (χ0n) is 11.5. The van der Waals surface area contributed by atoms with E-state index in [0.29, 0.717) is 19.4 Å². The fraction of sp³-hybridized carbons (Fsp3) is 0.733. The molecule has 0 aromatic carbocycles. The molecule has 3 heteroatoms. The summed E-state index contributed by atoms with van der Waals surface area (Å²) in [6, 6.07) is 0. The number of ketones is 1. The molecule has 0 spiro atoms. The van der Waals surface area contributed by atoms with Crippen molar-refractivity contribution in [2.24, 2.45) is 5.92 Å². The molecule has 1 unspecified atom stereocenters. The normalized spacial score (nSPS) is 24.9. The van der Waals surface area contributed by atoms with Gasteiger partial charge in [0, 0.05) is 6.42 Å². The summed E-state index contributed by atoms with van der Waals surface area (Å²) in [4.78, 5) is 23.8. The molecule has 0 aromatic rings. The average Bonchev–Trinajstić information content (AvgIpc) is 2.37. The number of allylic oxidation sites excluding steroid dienone is 2. The molecule has 0 heterocycles. The number of hydrogen-bond acceptors (Lipinski definition) is 3. The summed E-state index contributed by atoms with van der Waals surface area (Å²) >= 11 is 0. The van der Waals surface area contributed by atoms with Crippen molar-refractivity contribution >= 4 is 11.8 Å². The maximum absolute atomic E-state index is 12.0. The number of esters is 1. The van der Waals surface area contributed by atoms with Gasteiger partial charge in [-0.3, -0.25) is 9.59 Å². The van der Waals surface area contributed by atoms with E-state index in [0.717, 1.165) is 37.7 Å². The van der Waals surface area contributed by atoms with Crippen LogP contribution in [0.5, 0.6) is 0 Å². The third-order valence-corrected chi connectivity index (χ3v) is 3.50. The van der Waals surface area contributed by atoms with Gasteiger partial charge in [0.25, 0.3) is 0 Å². The van der Waals surface area contributed by atoms with Crippen molar-refractivity contribution in [1.82, 2.24) is 0 Å². The van der Waals surface area contributed by atoms with E-state index in [2.05, 4.69) is 0 Å². The number of hydrogen-bond donors (Lipinski definition) is 0. The van der Waals surface area contributed by atoms with Crippen molar-refractivity contribution in [3.05, 3.63) is 11.6 Å². The molecule has 0 saturated heterocycles. The molecular formula is C15H24O3. The zero-order valence-corrected chi connectivity index (χ0v) is 11.5. The summed E-state index contributed by atoms with van der Waals surface area (Å²) in [5, 5.41) is 0. The summed E-state index contributed by atoms with van der Waals surface area (Å²) in [7, 11) is 0. The molecule has 102 valence electrons. The van der Waals surface area contributed by atoms with Crippen LogP contribution in [0.4, 0.5) is 0 Å². The van der Waals surface area contributed by atoms with Gasteiger partial charge < -0.3 is 4.74 Å². The highest BCUT2D eigenvalue weighted by atomic mass is 16.5. The number of rotatable bonds is 2. The second-order valence-corrected chi connectivity index (χ2v) is 4.84. The molecule has 0 bridgehead atoms. The van der Waals surface area contributed by atoms with Crippen LogP contribution in [0.1, 0.15) is 58.8 Å². The fourth-order valence-corrected chi connectivity index (χ4v) is 2.41. The van der Waals surface area contributed by atoms with Gasteiger partial charge in [-0.15, -0.1) is 0 Å². The van der Waals surface area contributed by atoms with Gasteiger partial charge in [-0.05, 0) is 38.7 Å². The number of carbonyl (C=O) groups is 2. The first kappa shape index (κ1) is 14.9. The summed E-state index contributed by atoms with van der Waals surface area (Å²) in [5.41, 5.74) is 0.801. The van der Waals surface area contributed by atoms with Crippen LogP contribution in [0.2, 0.25) is 0 Å². The molecule has 0 aromatic heterocycles. The predicted molar refractivity (Wildman–Crippen MR) is 71.2 cm³/mol. The first-order valence-electron chi connectivity index (χ1n) is 7.04. The van der Waals surface area contributed by atoms with Crippen LogP contribution in [-0.4, -0.2) is 18.4 Å². The molecule has 1 aliphatic carbocycles. The molecule has 1 rings (SSSR count). The van der Waals surface area contributed by atoms with Crippen LogP contribution in [0.25, 0.3) is 0 Å². The average molecular weight is 252 g/mol. The van der Waals surface area contributed by atoms with Crippen LogP contribution >= 0.6 is 0 Å². The van der Waals surface area contributed by atoms with Crippen molar-refractivity contribution < 1.29 is 14.3 Å². The molecule has 1 saturated carbocycles. The summed E-state index contributed by atoms with van der Waals surface area (Å²) in [6.45, 7) is 4.11. The van der Waals surface area contributed by atoms with Crippen LogP contribution in [0.15, 0.2) is 11.6 Å². The van der Waals surface area contributed by atoms with E-state index >= 15 is 0 Å². The molecular weight excluding hydrogens is 228 g/mol. The van der Waals surface area contributed by atoms with Gasteiger partial charge in [-0.2, -0.15) is 0 Å². The lowest BCUT2D eigenvalue weighted by molar-refractivity contribution is -0.148. The van der Waals surface area contributed by atoms with Crippen LogP contribution in [0, 0.1) is 5.92 Å². The predicted octanol–water partition coefficient (Wildman–Crippen LogP) is 3.43. The second-order valence-electron chi connectivity index (χ2n) is 4.84. The monoisotopic (exact) mass is 252 g/mol. The SMILES string of the molecule is CC=C1CC(C(=O)OCC)CCCCCCC1=O. The number of Topliss-reactive ketones (excluding diaryl/α,β-unsaturated/α-hetero) is 1. The Balaban J connectivity index is 2.73. The second kappa shape index (κ2) is 8.06. The Morgan fingerprint density at radius 1 is 1.33 bits per heavy atom. The quantitative estimate of drug-likeness (QED) is 0.558. The first-order valence-corrected chi connectivity index (χ1v) is 7.04. The maximum atomic E-state index is 12.0. The standard InChI is InChI=1S/C15H24O3/c1-3-12-11-13(15(17)18-4-2)9-7-5-6-8-10-14(12)16/h3,13H,4-11H2,1-2H3. The Bertz CT molecular complexity index is 318. The minimum absolute atomic E-state index is 0.141. The highest BCUT2D eigenvalue weighted by molar-refractivity contribution is 5.95. The molecule has 1 aliphatic rings. The van der Waals surface area contributed by atoms with Crippen molar-refractivity contribution in [2.45, 2.75) is 58.8 Å². The van der Waals surface area contributed by atoms with E-state index in [1.54, 1.807) is 0 Å². The van der Waals surface area contributed by atoms with Crippen molar-refractivity contribution in [1.29, 1.82) is 0 Å². The van der Waals surface area contributed by atoms with E-state index in [1.807, 2.05) is 19.9 Å². The number of carbonyl (C=O) groups excluding carboxylic acids is 2. The topological polar surface area (TPSA) is 43.4 Å². The lowest BCUT2D eigenvalue weighted by Crippen LogP contribution is -2.21. The number of ether oxygens (including phenoxy) is 1. The maximum Gasteiger partial charge on any atom is 0.309 e. The lowest BCUT2D eigenvalue weighted by atomic mass is 9.88. The third-order valence-electron chi connectivity index (χ3n) is 3.50. The van der Waals surface area contributed by atoms with Crippen molar-refractivity contribution in [3.63, 3.8) is 0 Å². The van der Waals surface area contributed by atoms with Crippen molar-refractivity contribution in [2.75, 3.05) is 6.61 Å². The zero-order chi connectivity index (χ0) is 13.4. The van der Waals surface area contributed by atoms with Crippen LogP contribution in [-0.2, 0) is 14.3 Å². The Hall–Kier alpha value is -1.12. The van der Waals surface area contributed by atoms with E-state index in [1.165, 1.54) is 0 Å². The highest BCUT2D eigenvalue weighted by Gasteiger charge is 2.23. The van der Waals surface area contributed by atoms with E-state index in [4.69, 9.17) is 4.74 Å². The van der Waals surface area contributed by atoms with Gasteiger partial charge in [0.05, 0.1) is 12.5 Å².